The van der Waals surface area contributed by atoms with Gasteiger partial charge in [0, 0.05) is 12.7 Å². The van der Waals surface area contributed by atoms with Gasteiger partial charge in [0.15, 0.2) is 0 Å². The average Bonchev–Trinajstić information content (AvgIpc) is 2.54. The quantitative estimate of drug-likeness (QED) is 0.845. The van der Waals surface area contributed by atoms with E-state index in [9.17, 15) is 9.59 Å². The van der Waals surface area contributed by atoms with Gasteiger partial charge in [-0.15, -0.1) is 0 Å². The third kappa shape index (κ3) is 5.21. The van der Waals surface area contributed by atoms with Crippen LogP contribution < -0.4 is 5.32 Å². The lowest BCUT2D eigenvalue weighted by molar-refractivity contribution is -0.132. The van der Waals surface area contributed by atoms with Crippen LogP contribution >= 0.6 is 23.2 Å². The van der Waals surface area contributed by atoms with Crippen molar-refractivity contribution in [3.63, 3.8) is 0 Å². The number of carbonyl (C=O) groups is 2. The molecule has 0 aromatic heterocycles. The predicted octanol–water partition coefficient (Wildman–Crippen LogP) is 4.25. The number of benzene rings is 2. The van der Waals surface area contributed by atoms with Crippen LogP contribution in [0.1, 0.15) is 16.7 Å². The average molecular weight is 379 g/mol. The summed E-state index contributed by atoms with van der Waals surface area (Å²) in [4.78, 5) is 25.9. The summed E-state index contributed by atoms with van der Waals surface area (Å²) in [6.07, 6.45) is 0.157. The van der Waals surface area contributed by atoms with Crippen LogP contribution in [0.5, 0.6) is 0 Å². The Morgan fingerprint density at radius 3 is 2.28 bits per heavy atom. The van der Waals surface area contributed by atoms with Crippen molar-refractivity contribution >= 4 is 40.7 Å². The standard InChI is InChI=1S/C19H20Cl2N2O2/c1-12-5-4-6-13(2)19(12)22-17(24)11-23(3)18(25)10-14-7-8-15(20)16(21)9-14/h4-9H,10-11H2,1-3H3,(H,22,24). The highest BCUT2D eigenvalue weighted by molar-refractivity contribution is 6.42. The molecule has 132 valence electrons. The lowest BCUT2D eigenvalue weighted by atomic mass is 10.1. The zero-order valence-corrected chi connectivity index (χ0v) is 15.9. The monoisotopic (exact) mass is 378 g/mol. The van der Waals surface area contributed by atoms with E-state index in [1.807, 2.05) is 32.0 Å². The Bertz CT molecular complexity index is 786. The molecule has 2 amide bonds. The van der Waals surface area contributed by atoms with E-state index >= 15 is 0 Å². The highest BCUT2D eigenvalue weighted by atomic mass is 35.5. The van der Waals surface area contributed by atoms with Crippen molar-refractivity contribution in [2.45, 2.75) is 20.3 Å². The normalized spacial score (nSPS) is 10.4. The molecule has 0 spiro atoms. The number of rotatable bonds is 5. The summed E-state index contributed by atoms with van der Waals surface area (Å²) in [7, 11) is 1.60. The fourth-order valence-electron chi connectivity index (χ4n) is 2.45. The number of halogens is 2. The molecule has 0 atom stereocenters. The van der Waals surface area contributed by atoms with Crippen molar-refractivity contribution in [3.05, 3.63) is 63.1 Å². The SMILES string of the molecule is Cc1cccc(C)c1NC(=O)CN(C)C(=O)Cc1ccc(Cl)c(Cl)c1. The molecule has 1 N–H and O–H groups in total. The van der Waals surface area contributed by atoms with Crippen LogP contribution in [0.2, 0.25) is 10.0 Å². The highest BCUT2D eigenvalue weighted by Crippen LogP contribution is 2.23. The molecule has 2 aromatic carbocycles. The van der Waals surface area contributed by atoms with E-state index in [2.05, 4.69) is 5.32 Å². The number of aryl methyl sites for hydroxylation is 2. The van der Waals surface area contributed by atoms with Crippen LogP contribution in [0.3, 0.4) is 0 Å². The van der Waals surface area contributed by atoms with Gasteiger partial charge in [0.25, 0.3) is 0 Å². The predicted molar refractivity (Wildman–Crippen MR) is 102 cm³/mol. The molecule has 0 aliphatic rings. The van der Waals surface area contributed by atoms with Crippen molar-refractivity contribution in [1.29, 1.82) is 0 Å². The van der Waals surface area contributed by atoms with E-state index < -0.39 is 0 Å². The number of anilines is 1. The number of amides is 2. The first kappa shape index (κ1) is 19.3. The second-order valence-corrected chi connectivity index (χ2v) is 6.80. The van der Waals surface area contributed by atoms with Crippen molar-refractivity contribution in [2.75, 3.05) is 18.9 Å². The van der Waals surface area contributed by atoms with Gasteiger partial charge in [-0.1, -0.05) is 47.5 Å². The smallest absolute Gasteiger partial charge is 0.243 e. The van der Waals surface area contributed by atoms with E-state index in [4.69, 9.17) is 23.2 Å². The Morgan fingerprint density at radius 2 is 1.68 bits per heavy atom. The first-order valence-electron chi connectivity index (χ1n) is 7.82. The van der Waals surface area contributed by atoms with E-state index in [1.54, 1.807) is 25.2 Å². The molecule has 0 radical (unpaired) electrons. The minimum absolute atomic E-state index is 0.0199. The number of likely N-dealkylation sites (N-methyl/N-ethyl adjacent to an activating group) is 1. The van der Waals surface area contributed by atoms with Gasteiger partial charge in [0.2, 0.25) is 11.8 Å². The van der Waals surface area contributed by atoms with Crippen LogP contribution in [0.25, 0.3) is 0 Å². The summed E-state index contributed by atoms with van der Waals surface area (Å²) in [6.45, 7) is 3.84. The maximum Gasteiger partial charge on any atom is 0.243 e. The summed E-state index contributed by atoms with van der Waals surface area (Å²) in [6, 6.07) is 10.9. The van der Waals surface area contributed by atoms with Crippen molar-refractivity contribution in [1.82, 2.24) is 4.90 Å². The second kappa shape index (κ2) is 8.37. The molecule has 4 nitrogen and oxygen atoms in total. The summed E-state index contributed by atoms with van der Waals surface area (Å²) in [5.41, 5.74) is 3.51. The Hall–Kier alpha value is -2.04. The molecule has 0 saturated carbocycles. The summed E-state index contributed by atoms with van der Waals surface area (Å²) in [5.74, 6) is -0.405. The molecule has 6 heteroatoms. The number of carbonyl (C=O) groups excluding carboxylic acids is 2. The number of nitrogens with one attached hydrogen (secondary N) is 1. The van der Waals surface area contributed by atoms with Crippen molar-refractivity contribution < 1.29 is 9.59 Å². The summed E-state index contributed by atoms with van der Waals surface area (Å²) in [5, 5.41) is 3.72. The first-order chi connectivity index (χ1) is 11.8. The van der Waals surface area contributed by atoms with E-state index in [1.165, 1.54) is 4.90 Å². The second-order valence-electron chi connectivity index (χ2n) is 5.99. The number of hydrogen-bond acceptors (Lipinski definition) is 2. The Kier molecular flexibility index (Phi) is 6.45. The first-order valence-corrected chi connectivity index (χ1v) is 8.57. The maximum absolute atomic E-state index is 12.3. The topological polar surface area (TPSA) is 49.4 Å². The number of hydrogen-bond donors (Lipinski definition) is 1. The molecule has 0 unspecified atom stereocenters. The molecule has 0 aliphatic heterocycles. The van der Waals surface area contributed by atoms with Gasteiger partial charge < -0.3 is 10.2 Å². The molecular weight excluding hydrogens is 359 g/mol. The lowest BCUT2D eigenvalue weighted by Crippen LogP contribution is -2.36. The van der Waals surface area contributed by atoms with Gasteiger partial charge in [0.1, 0.15) is 0 Å². The van der Waals surface area contributed by atoms with Crippen LogP contribution in [-0.4, -0.2) is 30.3 Å². The number of nitrogens with zero attached hydrogens (tertiary/aromatic N) is 1. The van der Waals surface area contributed by atoms with Crippen molar-refractivity contribution in [3.8, 4) is 0 Å². The van der Waals surface area contributed by atoms with E-state index in [-0.39, 0.29) is 24.8 Å². The van der Waals surface area contributed by atoms with Gasteiger partial charge in [-0.25, -0.2) is 0 Å². The van der Waals surface area contributed by atoms with Gasteiger partial charge in [-0.05, 0) is 42.7 Å². The lowest BCUT2D eigenvalue weighted by Gasteiger charge is -2.18. The third-order valence-corrected chi connectivity index (χ3v) is 4.63. The molecule has 0 aliphatic carbocycles. The summed E-state index contributed by atoms with van der Waals surface area (Å²) < 4.78 is 0. The molecule has 2 aromatic rings. The molecule has 25 heavy (non-hydrogen) atoms. The van der Waals surface area contributed by atoms with Crippen LogP contribution in [0.4, 0.5) is 5.69 Å². The Morgan fingerprint density at radius 1 is 1.04 bits per heavy atom. The van der Waals surface area contributed by atoms with Gasteiger partial charge in [0.05, 0.1) is 23.0 Å². The molecule has 0 fully saturated rings. The van der Waals surface area contributed by atoms with Crippen LogP contribution in [0, 0.1) is 13.8 Å². The Balaban J connectivity index is 1.96. The van der Waals surface area contributed by atoms with Gasteiger partial charge in [-0.2, -0.15) is 0 Å². The minimum atomic E-state index is -0.234. The molecule has 0 saturated heterocycles. The van der Waals surface area contributed by atoms with E-state index in [0.717, 1.165) is 22.4 Å². The van der Waals surface area contributed by atoms with Crippen LogP contribution in [0.15, 0.2) is 36.4 Å². The van der Waals surface area contributed by atoms with Gasteiger partial charge in [-0.3, -0.25) is 9.59 Å². The summed E-state index contributed by atoms with van der Waals surface area (Å²) >= 11 is 11.8. The molecule has 2 rings (SSSR count). The zero-order valence-electron chi connectivity index (χ0n) is 14.4. The molecule has 0 heterocycles. The third-order valence-electron chi connectivity index (χ3n) is 3.89. The fraction of sp³-hybridized carbons (Fsp3) is 0.263. The fourth-order valence-corrected chi connectivity index (χ4v) is 2.77. The Labute approximate surface area is 157 Å². The van der Waals surface area contributed by atoms with E-state index in [0.29, 0.717) is 10.0 Å². The molecule has 0 bridgehead atoms. The molecular formula is C19H20Cl2N2O2. The van der Waals surface area contributed by atoms with Gasteiger partial charge >= 0.3 is 0 Å². The zero-order chi connectivity index (χ0) is 18.6. The highest BCUT2D eigenvalue weighted by Gasteiger charge is 2.15. The minimum Gasteiger partial charge on any atom is -0.336 e. The van der Waals surface area contributed by atoms with Crippen molar-refractivity contribution in [2.24, 2.45) is 0 Å². The maximum atomic E-state index is 12.3. The largest absolute Gasteiger partial charge is 0.336 e. The number of para-hydroxylation sites is 1. The van der Waals surface area contributed by atoms with Crippen LogP contribution in [-0.2, 0) is 16.0 Å².